The third-order valence-electron chi connectivity index (χ3n) is 2.52. The Balaban J connectivity index is 2.77. The first-order valence-electron chi connectivity index (χ1n) is 5.70. The fourth-order valence-corrected chi connectivity index (χ4v) is 1.66. The highest BCUT2D eigenvalue weighted by Gasteiger charge is 2.18. The summed E-state index contributed by atoms with van der Waals surface area (Å²) in [6.07, 6.45) is 0.187. The molecule has 1 atom stereocenters. The quantitative estimate of drug-likeness (QED) is 0.821. The number of esters is 1. The van der Waals surface area contributed by atoms with Gasteiger partial charge >= 0.3 is 5.97 Å². The summed E-state index contributed by atoms with van der Waals surface area (Å²) in [5.74, 6) is -0.359. The molecule has 0 radical (unpaired) electrons. The van der Waals surface area contributed by atoms with E-state index in [-0.39, 0.29) is 11.4 Å². The topological polar surface area (TPSA) is 46.5 Å². The highest BCUT2D eigenvalue weighted by atomic mass is 16.5. The Kier molecular flexibility index (Phi) is 4.29. The van der Waals surface area contributed by atoms with Crippen molar-refractivity contribution in [2.75, 3.05) is 7.11 Å². The Morgan fingerprint density at radius 1 is 1.29 bits per heavy atom. The number of rotatable bonds is 3. The van der Waals surface area contributed by atoms with E-state index in [1.807, 2.05) is 0 Å². The molecule has 1 aromatic rings. The van der Waals surface area contributed by atoms with E-state index in [1.165, 1.54) is 7.11 Å². The Morgan fingerprint density at radius 3 is 2.24 bits per heavy atom. The third-order valence-corrected chi connectivity index (χ3v) is 2.52. The Labute approximate surface area is 102 Å². The third kappa shape index (κ3) is 4.19. The van der Waals surface area contributed by atoms with Gasteiger partial charge in [0.25, 0.3) is 0 Å². The normalized spacial score (nSPS) is 13.2. The molecule has 1 N–H and O–H groups in total. The van der Waals surface area contributed by atoms with E-state index in [1.54, 1.807) is 24.3 Å². The zero-order valence-electron chi connectivity index (χ0n) is 10.9. The van der Waals surface area contributed by atoms with E-state index >= 15 is 0 Å². The Hall–Kier alpha value is -1.35. The lowest BCUT2D eigenvalue weighted by Gasteiger charge is -2.22. The fourth-order valence-electron chi connectivity index (χ4n) is 1.66. The highest BCUT2D eigenvalue weighted by molar-refractivity contribution is 5.89. The molecule has 0 aromatic heterocycles. The Morgan fingerprint density at radius 2 is 1.82 bits per heavy atom. The van der Waals surface area contributed by atoms with Gasteiger partial charge in [-0.2, -0.15) is 0 Å². The molecule has 0 spiro atoms. The van der Waals surface area contributed by atoms with Crippen molar-refractivity contribution in [2.24, 2.45) is 5.41 Å². The summed E-state index contributed by atoms with van der Waals surface area (Å²) >= 11 is 0. The summed E-state index contributed by atoms with van der Waals surface area (Å²) in [7, 11) is 1.35. The number of hydrogen-bond acceptors (Lipinski definition) is 3. The molecular formula is C14H20O3. The van der Waals surface area contributed by atoms with Gasteiger partial charge in [-0.1, -0.05) is 32.9 Å². The van der Waals surface area contributed by atoms with Gasteiger partial charge in [-0.05, 0) is 29.5 Å². The van der Waals surface area contributed by atoms with Gasteiger partial charge in [0.05, 0.1) is 18.8 Å². The molecular weight excluding hydrogens is 216 g/mol. The van der Waals surface area contributed by atoms with E-state index in [0.717, 1.165) is 5.56 Å². The van der Waals surface area contributed by atoms with Crippen molar-refractivity contribution in [3.8, 4) is 0 Å². The molecule has 0 amide bonds. The number of hydrogen-bond donors (Lipinski definition) is 1. The van der Waals surface area contributed by atoms with Crippen LogP contribution in [0, 0.1) is 5.41 Å². The minimum absolute atomic E-state index is 0.0699. The molecule has 0 aliphatic carbocycles. The molecule has 1 rings (SSSR count). The van der Waals surface area contributed by atoms with Crippen LogP contribution in [0.1, 0.15) is 49.2 Å². The van der Waals surface area contributed by atoms with Gasteiger partial charge < -0.3 is 9.84 Å². The highest BCUT2D eigenvalue weighted by Crippen LogP contribution is 2.29. The number of carbonyl (C=O) groups is 1. The lowest BCUT2D eigenvalue weighted by molar-refractivity contribution is 0.0600. The van der Waals surface area contributed by atoms with Crippen LogP contribution < -0.4 is 0 Å². The van der Waals surface area contributed by atoms with Crippen LogP contribution in [0.3, 0.4) is 0 Å². The second-order valence-electron chi connectivity index (χ2n) is 5.39. The first-order chi connectivity index (χ1) is 7.83. The number of carbonyl (C=O) groups excluding carboxylic acids is 1. The van der Waals surface area contributed by atoms with Crippen LogP contribution in [0.15, 0.2) is 24.3 Å². The van der Waals surface area contributed by atoms with Crippen molar-refractivity contribution < 1.29 is 14.6 Å². The maximum atomic E-state index is 11.2. The molecule has 17 heavy (non-hydrogen) atoms. The summed E-state index contributed by atoms with van der Waals surface area (Å²) in [4.78, 5) is 11.2. The van der Waals surface area contributed by atoms with E-state index in [4.69, 9.17) is 0 Å². The lowest BCUT2D eigenvalue weighted by atomic mass is 9.87. The first kappa shape index (κ1) is 13.7. The monoisotopic (exact) mass is 236 g/mol. The second-order valence-corrected chi connectivity index (χ2v) is 5.39. The van der Waals surface area contributed by atoms with Crippen LogP contribution in [0.4, 0.5) is 0 Å². The van der Waals surface area contributed by atoms with Crippen LogP contribution in [0.2, 0.25) is 0 Å². The summed E-state index contributed by atoms with van der Waals surface area (Å²) in [6.45, 7) is 6.25. The number of aliphatic hydroxyl groups is 1. The van der Waals surface area contributed by atoms with Gasteiger partial charge in [0, 0.05) is 0 Å². The van der Waals surface area contributed by atoms with Crippen molar-refractivity contribution in [1.29, 1.82) is 0 Å². The van der Waals surface area contributed by atoms with Crippen LogP contribution >= 0.6 is 0 Å². The van der Waals surface area contributed by atoms with Gasteiger partial charge in [0.15, 0.2) is 0 Å². The molecule has 0 heterocycles. The summed E-state index contributed by atoms with van der Waals surface area (Å²) < 4.78 is 4.62. The molecule has 0 saturated carbocycles. The Bertz CT molecular complexity index is 373. The molecule has 0 aliphatic heterocycles. The first-order valence-corrected chi connectivity index (χ1v) is 5.70. The van der Waals surface area contributed by atoms with Gasteiger partial charge in [-0.15, -0.1) is 0 Å². The second kappa shape index (κ2) is 5.32. The van der Waals surface area contributed by atoms with E-state index in [9.17, 15) is 9.90 Å². The predicted octanol–water partition coefficient (Wildman–Crippen LogP) is 2.94. The van der Waals surface area contributed by atoms with Crippen LogP contribution in [-0.4, -0.2) is 18.2 Å². The smallest absolute Gasteiger partial charge is 0.337 e. The summed E-state index contributed by atoms with van der Waals surface area (Å²) in [5, 5.41) is 10.0. The number of aliphatic hydroxyl groups excluding tert-OH is 1. The fraction of sp³-hybridized carbons (Fsp3) is 0.500. The minimum Gasteiger partial charge on any atom is -0.465 e. The van der Waals surface area contributed by atoms with Crippen molar-refractivity contribution in [1.82, 2.24) is 0 Å². The van der Waals surface area contributed by atoms with Crippen molar-refractivity contribution >= 4 is 5.97 Å². The van der Waals surface area contributed by atoms with E-state index in [0.29, 0.717) is 12.0 Å². The SMILES string of the molecule is COC(=O)c1ccc(C(O)CC(C)(C)C)cc1. The van der Waals surface area contributed by atoms with Crippen molar-refractivity contribution in [3.05, 3.63) is 35.4 Å². The zero-order valence-corrected chi connectivity index (χ0v) is 10.9. The zero-order chi connectivity index (χ0) is 13.1. The number of benzene rings is 1. The average molecular weight is 236 g/mol. The van der Waals surface area contributed by atoms with Crippen molar-refractivity contribution in [3.63, 3.8) is 0 Å². The van der Waals surface area contributed by atoms with E-state index in [2.05, 4.69) is 25.5 Å². The van der Waals surface area contributed by atoms with Crippen LogP contribution in [-0.2, 0) is 4.74 Å². The summed E-state index contributed by atoms with van der Waals surface area (Å²) in [6, 6.07) is 6.88. The lowest BCUT2D eigenvalue weighted by Crippen LogP contribution is -2.11. The van der Waals surface area contributed by atoms with Gasteiger partial charge in [0.2, 0.25) is 0 Å². The molecule has 0 fully saturated rings. The molecule has 0 bridgehead atoms. The molecule has 3 nitrogen and oxygen atoms in total. The summed E-state index contributed by atoms with van der Waals surface area (Å²) in [5.41, 5.74) is 1.40. The molecule has 0 aliphatic rings. The molecule has 1 unspecified atom stereocenters. The van der Waals surface area contributed by atoms with Gasteiger partial charge in [-0.25, -0.2) is 4.79 Å². The standard InChI is InChI=1S/C14H20O3/c1-14(2,3)9-12(15)10-5-7-11(8-6-10)13(16)17-4/h5-8,12,15H,9H2,1-4H3. The van der Waals surface area contributed by atoms with E-state index < -0.39 is 6.10 Å². The largest absolute Gasteiger partial charge is 0.465 e. The number of ether oxygens (including phenoxy) is 1. The van der Waals surface area contributed by atoms with Gasteiger partial charge in [0.1, 0.15) is 0 Å². The molecule has 0 saturated heterocycles. The predicted molar refractivity (Wildman–Crippen MR) is 66.8 cm³/mol. The van der Waals surface area contributed by atoms with Crippen molar-refractivity contribution in [2.45, 2.75) is 33.3 Å². The molecule has 3 heteroatoms. The van der Waals surface area contributed by atoms with Crippen LogP contribution in [0.25, 0.3) is 0 Å². The van der Waals surface area contributed by atoms with Crippen LogP contribution in [0.5, 0.6) is 0 Å². The molecule has 1 aromatic carbocycles. The maximum absolute atomic E-state index is 11.2. The number of methoxy groups -OCH3 is 1. The average Bonchev–Trinajstić information content (AvgIpc) is 2.26. The minimum atomic E-state index is -0.498. The maximum Gasteiger partial charge on any atom is 0.337 e. The van der Waals surface area contributed by atoms with Gasteiger partial charge in [-0.3, -0.25) is 0 Å². The molecule has 94 valence electrons.